The van der Waals surface area contributed by atoms with Gasteiger partial charge in [-0.25, -0.2) is 4.39 Å². The summed E-state index contributed by atoms with van der Waals surface area (Å²) in [6.45, 7) is 4.24. The average molecular weight is 256 g/mol. The Morgan fingerprint density at radius 3 is 2.37 bits per heavy atom. The summed E-state index contributed by atoms with van der Waals surface area (Å²) in [5, 5.41) is 0. The predicted molar refractivity (Wildman–Crippen MR) is 76.0 cm³/mol. The minimum absolute atomic E-state index is 0.383. The number of aryl methyl sites for hydroxylation is 2. The van der Waals surface area contributed by atoms with Gasteiger partial charge in [0, 0.05) is 5.56 Å². The number of carbonyl (C=O) groups is 1. The molecular weight excluding hydrogens is 239 g/mol. The Bertz CT molecular complexity index is 602. The summed E-state index contributed by atoms with van der Waals surface area (Å²) in [4.78, 5) is 11.1. The van der Waals surface area contributed by atoms with Crippen molar-refractivity contribution >= 4 is 6.29 Å². The van der Waals surface area contributed by atoms with Gasteiger partial charge < -0.3 is 0 Å². The summed E-state index contributed by atoms with van der Waals surface area (Å²) in [5.41, 5.74) is 4.75. The van der Waals surface area contributed by atoms with Gasteiger partial charge in [0.15, 0.2) is 6.29 Å². The molecule has 0 fully saturated rings. The van der Waals surface area contributed by atoms with Crippen molar-refractivity contribution in [3.8, 4) is 11.1 Å². The van der Waals surface area contributed by atoms with Crippen molar-refractivity contribution in [1.82, 2.24) is 0 Å². The number of aldehydes is 1. The van der Waals surface area contributed by atoms with E-state index in [4.69, 9.17) is 0 Å². The van der Waals surface area contributed by atoms with Gasteiger partial charge in [-0.2, -0.15) is 0 Å². The Hall–Kier alpha value is -1.96. The zero-order valence-corrected chi connectivity index (χ0v) is 11.2. The van der Waals surface area contributed by atoms with Gasteiger partial charge in [0.1, 0.15) is 5.82 Å². The van der Waals surface area contributed by atoms with E-state index in [1.165, 1.54) is 23.3 Å². The van der Waals surface area contributed by atoms with Gasteiger partial charge in [-0.1, -0.05) is 38.1 Å². The van der Waals surface area contributed by atoms with Gasteiger partial charge in [-0.15, -0.1) is 0 Å². The molecule has 2 heteroatoms. The van der Waals surface area contributed by atoms with Crippen LogP contribution in [0.15, 0.2) is 36.4 Å². The Kier molecular flexibility index (Phi) is 4.10. The molecule has 2 aromatic rings. The molecule has 98 valence electrons. The van der Waals surface area contributed by atoms with Crippen LogP contribution in [0.25, 0.3) is 11.1 Å². The Morgan fingerprint density at radius 2 is 1.74 bits per heavy atom. The maximum atomic E-state index is 13.2. The summed E-state index contributed by atoms with van der Waals surface area (Å²) < 4.78 is 13.2. The summed E-state index contributed by atoms with van der Waals surface area (Å²) in [5.74, 6) is -0.383. The lowest BCUT2D eigenvalue weighted by Gasteiger charge is -2.10. The molecule has 0 aliphatic rings. The first kappa shape index (κ1) is 13.5. The van der Waals surface area contributed by atoms with Crippen molar-refractivity contribution in [3.63, 3.8) is 0 Å². The molecule has 0 spiro atoms. The first-order valence-corrected chi connectivity index (χ1v) is 6.56. The molecule has 2 rings (SSSR count). The molecule has 0 heterocycles. The Morgan fingerprint density at radius 1 is 1.00 bits per heavy atom. The van der Waals surface area contributed by atoms with E-state index in [0.29, 0.717) is 11.8 Å². The van der Waals surface area contributed by atoms with E-state index >= 15 is 0 Å². The smallest absolute Gasteiger partial charge is 0.150 e. The summed E-state index contributed by atoms with van der Waals surface area (Å²) in [7, 11) is 0. The molecule has 0 aliphatic carbocycles. The highest BCUT2D eigenvalue weighted by molar-refractivity contribution is 5.87. The molecule has 0 aromatic heterocycles. The number of carbonyl (C=O) groups excluding carboxylic acids is 1. The molecule has 0 atom stereocenters. The number of rotatable bonds is 4. The van der Waals surface area contributed by atoms with E-state index in [1.807, 2.05) is 6.07 Å². The summed E-state index contributed by atoms with van der Waals surface area (Å²) in [6.07, 6.45) is 2.65. The maximum Gasteiger partial charge on any atom is 0.150 e. The van der Waals surface area contributed by atoms with Gasteiger partial charge in [-0.3, -0.25) is 4.79 Å². The van der Waals surface area contributed by atoms with Gasteiger partial charge in [0.2, 0.25) is 0 Å². The molecule has 0 radical (unpaired) electrons. The average Bonchev–Trinajstić information content (AvgIpc) is 2.46. The van der Waals surface area contributed by atoms with E-state index in [0.717, 1.165) is 24.0 Å². The lowest BCUT2D eigenvalue weighted by molar-refractivity contribution is 0.112. The fourth-order valence-electron chi connectivity index (χ4n) is 2.36. The van der Waals surface area contributed by atoms with Gasteiger partial charge >= 0.3 is 0 Å². The van der Waals surface area contributed by atoms with Crippen molar-refractivity contribution in [1.29, 1.82) is 0 Å². The third-order valence-corrected chi connectivity index (χ3v) is 3.42. The van der Waals surface area contributed by atoms with Crippen LogP contribution in [-0.2, 0) is 12.8 Å². The fourth-order valence-corrected chi connectivity index (χ4v) is 2.36. The van der Waals surface area contributed by atoms with Crippen molar-refractivity contribution in [2.24, 2.45) is 0 Å². The van der Waals surface area contributed by atoms with Gasteiger partial charge in [0.25, 0.3) is 0 Å². The van der Waals surface area contributed by atoms with Crippen LogP contribution in [-0.4, -0.2) is 6.29 Å². The molecule has 0 N–H and O–H groups in total. The maximum absolute atomic E-state index is 13.2. The van der Waals surface area contributed by atoms with E-state index < -0.39 is 0 Å². The largest absolute Gasteiger partial charge is 0.298 e. The second kappa shape index (κ2) is 5.79. The standard InChI is InChI=1S/C17H17FO/c1-3-12-5-6-14(9-13(12)4-2)17-8-7-16(18)10-15(17)11-19/h5-11H,3-4H2,1-2H3. The number of hydrogen-bond donors (Lipinski definition) is 0. The molecule has 0 amide bonds. The fraction of sp³-hybridized carbons (Fsp3) is 0.235. The van der Waals surface area contributed by atoms with Crippen LogP contribution in [0.3, 0.4) is 0 Å². The molecule has 0 saturated carbocycles. The topological polar surface area (TPSA) is 17.1 Å². The third kappa shape index (κ3) is 2.73. The van der Waals surface area contributed by atoms with E-state index in [2.05, 4.69) is 26.0 Å². The molecule has 0 bridgehead atoms. The molecule has 1 nitrogen and oxygen atoms in total. The van der Waals surface area contributed by atoms with Crippen LogP contribution < -0.4 is 0 Å². The minimum atomic E-state index is -0.383. The Balaban J connectivity index is 2.56. The third-order valence-electron chi connectivity index (χ3n) is 3.42. The van der Waals surface area contributed by atoms with Crippen LogP contribution in [0.4, 0.5) is 4.39 Å². The predicted octanol–water partition coefficient (Wildman–Crippen LogP) is 4.43. The molecule has 0 aliphatic heterocycles. The highest BCUT2D eigenvalue weighted by Crippen LogP contribution is 2.26. The van der Waals surface area contributed by atoms with E-state index in [9.17, 15) is 9.18 Å². The highest BCUT2D eigenvalue weighted by atomic mass is 19.1. The van der Waals surface area contributed by atoms with Crippen LogP contribution in [0.1, 0.15) is 35.3 Å². The van der Waals surface area contributed by atoms with Gasteiger partial charge in [0.05, 0.1) is 0 Å². The van der Waals surface area contributed by atoms with Crippen molar-refractivity contribution < 1.29 is 9.18 Å². The minimum Gasteiger partial charge on any atom is -0.298 e. The van der Waals surface area contributed by atoms with Crippen LogP contribution in [0, 0.1) is 5.82 Å². The normalized spacial score (nSPS) is 10.5. The summed E-state index contributed by atoms with van der Waals surface area (Å²) >= 11 is 0. The lowest BCUT2D eigenvalue weighted by atomic mass is 9.94. The second-order valence-corrected chi connectivity index (χ2v) is 4.54. The first-order valence-electron chi connectivity index (χ1n) is 6.56. The second-order valence-electron chi connectivity index (χ2n) is 4.54. The van der Waals surface area contributed by atoms with E-state index in [-0.39, 0.29) is 5.82 Å². The Labute approximate surface area is 113 Å². The van der Waals surface area contributed by atoms with Crippen molar-refractivity contribution in [2.75, 3.05) is 0 Å². The zero-order chi connectivity index (χ0) is 13.8. The van der Waals surface area contributed by atoms with Gasteiger partial charge in [-0.05, 0) is 47.2 Å². The quantitative estimate of drug-likeness (QED) is 0.739. The molecule has 19 heavy (non-hydrogen) atoms. The van der Waals surface area contributed by atoms with Crippen LogP contribution >= 0.6 is 0 Å². The first-order chi connectivity index (χ1) is 9.19. The molecule has 0 saturated heterocycles. The number of halogens is 1. The van der Waals surface area contributed by atoms with Crippen LogP contribution in [0.2, 0.25) is 0 Å². The summed E-state index contributed by atoms with van der Waals surface area (Å²) in [6, 6.07) is 10.5. The monoisotopic (exact) mass is 256 g/mol. The van der Waals surface area contributed by atoms with E-state index in [1.54, 1.807) is 6.07 Å². The van der Waals surface area contributed by atoms with Crippen LogP contribution in [0.5, 0.6) is 0 Å². The SMILES string of the molecule is CCc1ccc(-c2ccc(F)cc2C=O)cc1CC. The molecule has 0 unspecified atom stereocenters. The number of benzene rings is 2. The zero-order valence-electron chi connectivity index (χ0n) is 11.2. The molecule has 2 aromatic carbocycles. The van der Waals surface area contributed by atoms with Crippen molar-refractivity contribution in [2.45, 2.75) is 26.7 Å². The lowest BCUT2D eigenvalue weighted by Crippen LogP contribution is -1.94. The highest BCUT2D eigenvalue weighted by Gasteiger charge is 2.08. The number of hydrogen-bond acceptors (Lipinski definition) is 1. The van der Waals surface area contributed by atoms with Crippen molar-refractivity contribution in [3.05, 3.63) is 58.9 Å². The molecular formula is C17H17FO.